The number of hydrogen-bond acceptors (Lipinski definition) is 10. The molecule has 1 rings (SSSR count). The number of aliphatic hydroxyl groups excluding tert-OH is 1. The van der Waals surface area contributed by atoms with Crippen molar-refractivity contribution in [3.8, 4) is 0 Å². The Balaban J connectivity index is 3.89. The molecule has 1 aliphatic rings. The first kappa shape index (κ1) is 64.0. The molecule has 8 atom stereocenters. The first-order valence-electron chi connectivity index (χ1n) is 26.1. The summed E-state index contributed by atoms with van der Waals surface area (Å²) in [5, 5.41) is 14.0. The van der Waals surface area contributed by atoms with Gasteiger partial charge in [0.2, 0.25) is 0 Å². The molecule has 0 bridgehead atoms. The summed E-state index contributed by atoms with van der Waals surface area (Å²) >= 11 is 0. The third-order valence-electron chi connectivity index (χ3n) is 13.0. The van der Waals surface area contributed by atoms with Crippen LogP contribution < -0.4 is 5.32 Å². The molecule has 0 unspecified atom stereocenters. The summed E-state index contributed by atoms with van der Waals surface area (Å²) in [7, 11) is -11.5. The Hall–Kier alpha value is 0.0344. The molecule has 0 radical (unpaired) electrons. The lowest BCUT2D eigenvalue weighted by Gasteiger charge is -2.51. The predicted molar refractivity (Wildman–Crippen MR) is 289 cm³/mol. The quantitative estimate of drug-likeness (QED) is 0.0531. The maximum absolute atomic E-state index is 14.1. The van der Waals surface area contributed by atoms with Crippen molar-refractivity contribution in [2.24, 2.45) is 0 Å². The van der Waals surface area contributed by atoms with Crippen molar-refractivity contribution in [3.05, 3.63) is 0 Å². The zero-order chi connectivity index (χ0) is 51.2. The Morgan fingerprint density at radius 1 is 0.591 bits per heavy atom. The average Bonchev–Trinajstić information content (AvgIpc) is 3.11. The van der Waals surface area contributed by atoms with Crippen molar-refractivity contribution in [1.82, 2.24) is 5.32 Å². The zero-order valence-corrected chi connectivity index (χ0v) is 52.3. The van der Waals surface area contributed by atoms with E-state index in [1.54, 1.807) is 0 Å². The number of ether oxygens (including phenoxy) is 3. The molecule has 16 heteroatoms. The van der Waals surface area contributed by atoms with Crippen molar-refractivity contribution in [1.29, 1.82) is 0 Å². The SMILES string of the molecule is CCCCCCCCCCCCCC[C@@H](O[Si](C)(C)C(C)(C)C)[C@@H](O[Si](C)(C)C(C)(C)C)[C@H](CO[C@H]1O[C@H](CO)[C@H](O[Si](C)(C)C)[C@H](O[Si](C)(C)C)[C@H]1O[Si](C)(C)C)NC(=O)OC(C)(C)C. The monoisotopic (exact) mass is 1020 g/mol. The van der Waals surface area contributed by atoms with E-state index in [4.69, 9.17) is 36.3 Å². The smallest absolute Gasteiger partial charge is 0.408 e. The number of hydrogen-bond donors (Lipinski definition) is 2. The van der Waals surface area contributed by atoms with Crippen molar-refractivity contribution in [3.63, 3.8) is 0 Å². The van der Waals surface area contributed by atoms with Crippen LogP contribution in [0.3, 0.4) is 0 Å². The molecule has 0 aliphatic carbocycles. The second kappa shape index (κ2) is 27.2. The molecule has 0 saturated carbocycles. The van der Waals surface area contributed by atoms with Crippen LogP contribution in [0.4, 0.5) is 4.79 Å². The van der Waals surface area contributed by atoms with Crippen LogP contribution in [0.1, 0.15) is 153 Å². The van der Waals surface area contributed by atoms with Crippen LogP contribution in [-0.4, -0.2) is 121 Å². The minimum atomic E-state index is -2.52. The molecule has 394 valence electrons. The van der Waals surface area contributed by atoms with Crippen LogP contribution in [0, 0.1) is 0 Å². The highest BCUT2D eigenvalue weighted by molar-refractivity contribution is 6.75. The van der Waals surface area contributed by atoms with E-state index in [0.29, 0.717) is 0 Å². The van der Waals surface area contributed by atoms with Crippen LogP contribution >= 0.6 is 0 Å². The maximum Gasteiger partial charge on any atom is 0.408 e. The van der Waals surface area contributed by atoms with Gasteiger partial charge in [0, 0.05) is 0 Å². The molecular formula is C50H109NO10Si5. The fourth-order valence-electron chi connectivity index (χ4n) is 7.63. The minimum absolute atomic E-state index is 0.0158. The number of alkyl carbamates (subject to hydrolysis) is 1. The Kier molecular flexibility index (Phi) is 26.4. The van der Waals surface area contributed by atoms with E-state index in [0.717, 1.165) is 19.3 Å². The molecular weight excluding hydrogens is 915 g/mol. The van der Waals surface area contributed by atoms with Gasteiger partial charge in [-0.25, -0.2) is 4.79 Å². The van der Waals surface area contributed by atoms with Crippen LogP contribution in [0.2, 0.25) is 95.2 Å². The Bertz CT molecular complexity index is 1360. The van der Waals surface area contributed by atoms with Crippen molar-refractivity contribution in [2.45, 2.75) is 302 Å². The van der Waals surface area contributed by atoms with E-state index in [1.165, 1.54) is 64.2 Å². The van der Waals surface area contributed by atoms with E-state index < -0.39 is 96.1 Å². The molecule has 11 nitrogen and oxygen atoms in total. The van der Waals surface area contributed by atoms with Gasteiger partial charge in [0.05, 0.1) is 31.5 Å². The molecule has 1 aliphatic heterocycles. The highest BCUT2D eigenvalue weighted by Gasteiger charge is 2.53. The van der Waals surface area contributed by atoms with Crippen molar-refractivity contribution in [2.75, 3.05) is 13.2 Å². The predicted octanol–water partition coefficient (Wildman–Crippen LogP) is 14.1. The van der Waals surface area contributed by atoms with Gasteiger partial charge >= 0.3 is 6.09 Å². The standard InChI is InChI=1S/C50H109NO10Si5/c1-24-25-26-27-28-29-30-31-32-33-34-35-36-40(57-65(20,21)49(5,6)7)42(61-66(22,23)50(8,9)10)39(51-47(53)56-48(2,3)4)38-54-46-45(60-64(17,18)19)44(59-63(14,15)16)43(41(37-52)55-46)58-62(11,12)13/h39-46,52H,24-38H2,1-23H3,(H,51,53)/t39-,40+,41+,42-,43-,44-,45+,46-/m0/s1. The molecule has 1 fully saturated rings. The molecule has 0 aromatic carbocycles. The lowest BCUT2D eigenvalue weighted by atomic mass is 9.98. The van der Waals surface area contributed by atoms with Crippen LogP contribution in [-0.2, 0) is 36.3 Å². The molecule has 0 aromatic rings. The largest absolute Gasteiger partial charge is 0.444 e. The number of rotatable bonds is 30. The summed E-state index contributed by atoms with van der Waals surface area (Å²) in [6, 6.07) is -0.697. The third kappa shape index (κ3) is 24.9. The summed E-state index contributed by atoms with van der Waals surface area (Å²) < 4.78 is 55.7. The van der Waals surface area contributed by atoms with E-state index in [-0.39, 0.29) is 29.4 Å². The maximum atomic E-state index is 14.1. The first-order chi connectivity index (χ1) is 29.8. The van der Waals surface area contributed by atoms with Gasteiger partial charge in [-0.2, -0.15) is 0 Å². The normalized spacial score (nSPS) is 22.3. The number of carbonyl (C=O) groups is 1. The Labute approximate surface area is 413 Å². The topological polar surface area (TPSA) is 123 Å². The summed E-state index contributed by atoms with van der Waals surface area (Å²) in [5.41, 5.74) is -0.735. The van der Waals surface area contributed by atoms with Gasteiger partial charge in [0.1, 0.15) is 30.0 Å². The van der Waals surface area contributed by atoms with Gasteiger partial charge in [-0.15, -0.1) is 0 Å². The van der Waals surface area contributed by atoms with Crippen LogP contribution in [0.15, 0.2) is 0 Å². The summed E-state index contributed by atoms with van der Waals surface area (Å²) in [6.45, 7) is 49.7. The van der Waals surface area contributed by atoms with Gasteiger partial charge in [-0.1, -0.05) is 126 Å². The molecule has 66 heavy (non-hydrogen) atoms. The fraction of sp³-hybridized carbons (Fsp3) is 0.980. The van der Waals surface area contributed by atoms with Gasteiger partial charge in [-0.3, -0.25) is 0 Å². The van der Waals surface area contributed by atoms with E-state index >= 15 is 0 Å². The number of unbranched alkanes of at least 4 members (excludes halogenated alkanes) is 11. The molecule has 0 aromatic heterocycles. The van der Waals surface area contributed by atoms with Gasteiger partial charge in [-0.05, 0) is 122 Å². The molecule has 1 heterocycles. The molecule has 1 saturated heterocycles. The highest BCUT2D eigenvalue weighted by Crippen LogP contribution is 2.42. The number of carbonyl (C=O) groups excluding carboxylic acids is 1. The van der Waals surface area contributed by atoms with Crippen molar-refractivity contribution < 1.29 is 46.2 Å². The van der Waals surface area contributed by atoms with E-state index in [9.17, 15) is 9.90 Å². The highest BCUT2D eigenvalue weighted by atomic mass is 28.4. The first-order valence-corrected chi connectivity index (χ1v) is 42.1. The van der Waals surface area contributed by atoms with Gasteiger partial charge in [0.15, 0.2) is 47.9 Å². The third-order valence-corrected chi connectivity index (χ3v) is 24.9. The molecule has 0 spiro atoms. The van der Waals surface area contributed by atoms with Crippen LogP contribution in [0.25, 0.3) is 0 Å². The van der Waals surface area contributed by atoms with Crippen molar-refractivity contribution >= 4 is 47.7 Å². The van der Waals surface area contributed by atoms with Gasteiger partial charge < -0.3 is 46.8 Å². The van der Waals surface area contributed by atoms with Crippen LogP contribution in [0.5, 0.6) is 0 Å². The Morgan fingerprint density at radius 3 is 1.41 bits per heavy atom. The number of nitrogens with one attached hydrogen (secondary N) is 1. The molecule has 1 amide bonds. The zero-order valence-electron chi connectivity index (χ0n) is 47.3. The second-order valence-corrected chi connectivity index (χ2v) is 49.2. The lowest BCUT2D eigenvalue weighted by molar-refractivity contribution is -0.293. The minimum Gasteiger partial charge on any atom is -0.444 e. The average molecular weight is 1020 g/mol. The second-order valence-electron chi connectivity index (χ2n) is 26.3. The lowest BCUT2D eigenvalue weighted by Crippen LogP contribution is -2.66. The fourth-order valence-corrected chi connectivity index (χ4v) is 13.6. The number of amides is 1. The van der Waals surface area contributed by atoms with Gasteiger partial charge in [0.25, 0.3) is 0 Å². The number of aliphatic hydroxyl groups is 1. The van der Waals surface area contributed by atoms with E-state index in [2.05, 4.69) is 139 Å². The Morgan fingerprint density at radius 2 is 1.00 bits per heavy atom. The summed E-state index contributed by atoms with van der Waals surface area (Å²) in [4.78, 5) is 14.1. The summed E-state index contributed by atoms with van der Waals surface area (Å²) in [6.07, 6.45) is 11.1. The summed E-state index contributed by atoms with van der Waals surface area (Å²) in [5.74, 6) is 0. The molecule has 2 N–H and O–H groups in total. The van der Waals surface area contributed by atoms with E-state index in [1.807, 2.05) is 20.8 Å².